The number of benzene rings is 2. The van der Waals surface area contributed by atoms with E-state index in [1.807, 2.05) is 31.2 Å². The average Bonchev–Trinajstić information content (AvgIpc) is 3.35. The van der Waals surface area contributed by atoms with Crippen LogP contribution in [0.5, 0.6) is 0 Å². The van der Waals surface area contributed by atoms with Gasteiger partial charge in [0.2, 0.25) is 0 Å². The van der Waals surface area contributed by atoms with Gasteiger partial charge in [0, 0.05) is 36.6 Å². The molecule has 0 atom stereocenters. The van der Waals surface area contributed by atoms with Crippen molar-refractivity contribution in [1.29, 1.82) is 0 Å². The second-order valence-electron chi connectivity index (χ2n) is 7.57. The molecule has 1 saturated heterocycles. The molecule has 6 nitrogen and oxygen atoms in total. The van der Waals surface area contributed by atoms with E-state index < -0.39 is 0 Å². The summed E-state index contributed by atoms with van der Waals surface area (Å²) in [5.74, 6) is -0.883. The van der Waals surface area contributed by atoms with E-state index >= 15 is 0 Å². The molecule has 0 aromatic heterocycles. The van der Waals surface area contributed by atoms with Gasteiger partial charge in [-0.25, -0.2) is 0 Å². The van der Waals surface area contributed by atoms with Crippen LogP contribution in [0.2, 0.25) is 0 Å². The molecule has 29 heavy (non-hydrogen) atoms. The number of rotatable bonds is 6. The van der Waals surface area contributed by atoms with Crippen molar-refractivity contribution in [2.24, 2.45) is 0 Å². The Morgan fingerprint density at radius 3 is 2.52 bits per heavy atom. The summed E-state index contributed by atoms with van der Waals surface area (Å²) >= 11 is 0. The summed E-state index contributed by atoms with van der Waals surface area (Å²) in [5, 5.41) is 2.91. The highest BCUT2D eigenvalue weighted by Crippen LogP contribution is 2.26. The normalized spacial score (nSPS) is 15.8. The number of hydrogen-bond donors (Lipinski definition) is 1. The molecule has 1 N–H and O–H groups in total. The Hall–Kier alpha value is -3.15. The lowest BCUT2D eigenvalue weighted by Gasteiger charge is -2.18. The molecular formula is C23H25N3O3. The fraction of sp³-hybridized carbons (Fsp3) is 0.348. The maximum absolute atomic E-state index is 12.8. The molecule has 2 aromatic rings. The van der Waals surface area contributed by atoms with Gasteiger partial charge in [0.1, 0.15) is 0 Å². The second-order valence-corrected chi connectivity index (χ2v) is 7.57. The standard InChI is InChI=1S/C23H25N3O3/c1-2-3-13-26-22(28)19-10-9-16(14-20(19)23(26)29)21(27)24-17-7-6-8-18(15-17)25-11-4-5-12-25/h6-10,14-15H,2-5,11-13H2,1H3,(H,24,27). The SMILES string of the molecule is CCCCN1C(=O)c2ccc(C(=O)Nc3cccc(N4CCCC4)c3)cc2C1=O. The van der Waals surface area contributed by atoms with Gasteiger partial charge < -0.3 is 10.2 Å². The highest BCUT2D eigenvalue weighted by atomic mass is 16.2. The van der Waals surface area contributed by atoms with E-state index in [0.29, 0.717) is 28.9 Å². The molecule has 2 aliphatic rings. The van der Waals surface area contributed by atoms with Crippen molar-refractivity contribution in [2.45, 2.75) is 32.6 Å². The average molecular weight is 391 g/mol. The number of carbonyl (C=O) groups is 3. The van der Waals surface area contributed by atoms with Crippen molar-refractivity contribution in [3.8, 4) is 0 Å². The molecule has 2 aromatic carbocycles. The van der Waals surface area contributed by atoms with Crippen molar-refractivity contribution in [3.05, 3.63) is 59.2 Å². The molecule has 3 amide bonds. The van der Waals surface area contributed by atoms with Gasteiger partial charge in [0.25, 0.3) is 17.7 Å². The maximum Gasteiger partial charge on any atom is 0.261 e. The Bertz CT molecular complexity index is 964. The minimum Gasteiger partial charge on any atom is -0.371 e. The number of hydrogen-bond acceptors (Lipinski definition) is 4. The zero-order chi connectivity index (χ0) is 20.4. The third-order valence-corrected chi connectivity index (χ3v) is 5.54. The van der Waals surface area contributed by atoms with Crippen LogP contribution in [0, 0.1) is 0 Å². The minimum absolute atomic E-state index is 0.274. The fourth-order valence-electron chi connectivity index (χ4n) is 3.91. The van der Waals surface area contributed by atoms with Crippen LogP contribution < -0.4 is 10.2 Å². The van der Waals surface area contributed by atoms with Crippen LogP contribution in [-0.2, 0) is 0 Å². The number of anilines is 2. The quantitative estimate of drug-likeness (QED) is 0.758. The summed E-state index contributed by atoms with van der Waals surface area (Å²) in [6, 6.07) is 12.5. The first-order valence-electron chi connectivity index (χ1n) is 10.2. The van der Waals surface area contributed by atoms with Crippen LogP contribution in [-0.4, -0.2) is 42.3 Å². The van der Waals surface area contributed by atoms with Crippen molar-refractivity contribution >= 4 is 29.1 Å². The first-order chi connectivity index (χ1) is 14.1. The molecular weight excluding hydrogens is 366 g/mol. The topological polar surface area (TPSA) is 69.7 Å². The van der Waals surface area contributed by atoms with Crippen LogP contribution >= 0.6 is 0 Å². The smallest absolute Gasteiger partial charge is 0.261 e. The number of nitrogens with one attached hydrogen (secondary N) is 1. The molecule has 2 heterocycles. The molecule has 0 saturated carbocycles. The molecule has 0 unspecified atom stereocenters. The molecule has 4 rings (SSSR count). The Kier molecular flexibility index (Phi) is 5.34. The van der Waals surface area contributed by atoms with Crippen molar-refractivity contribution < 1.29 is 14.4 Å². The second kappa shape index (κ2) is 8.07. The number of nitrogens with zero attached hydrogens (tertiary/aromatic N) is 2. The van der Waals surface area contributed by atoms with Gasteiger partial charge in [-0.05, 0) is 55.7 Å². The third-order valence-electron chi connectivity index (χ3n) is 5.54. The Balaban J connectivity index is 1.51. The van der Waals surface area contributed by atoms with Crippen LogP contribution in [0.4, 0.5) is 11.4 Å². The van der Waals surface area contributed by atoms with E-state index in [1.165, 1.54) is 23.8 Å². The van der Waals surface area contributed by atoms with E-state index in [4.69, 9.17) is 0 Å². The summed E-state index contributed by atoms with van der Waals surface area (Å²) in [6.45, 7) is 4.49. The van der Waals surface area contributed by atoms with Crippen molar-refractivity contribution in [1.82, 2.24) is 4.90 Å². The highest BCUT2D eigenvalue weighted by Gasteiger charge is 2.35. The van der Waals surface area contributed by atoms with Gasteiger partial charge in [-0.1, -0.05) is 19.4 Å². The summed E-state index contributed by atoms with van der Waals surface area (Å²) in [5.41, 5.74) is 2.87. The summed E-state index contributed by atoms with van der Waals surface area (Å²) < 4.78 is 0. The molecule has 0 spiro atoms. The third kappa shape index (κ3) is 3.75. The predicted octanol–water partition coefficient (Wildman–Crippen LogP) is 3.94. The lowest BCUT2D eigenvalue weighted by molar-refractivity contribution is 0.0652. The van der Waals surface area contributed by atoms with Gasteiger partial charge >= 0.3 is 0 Å². The molecule has 6 heteroatoms. The van der Waals surface area contributed by atoms with E-state index in [0.717, 1.165) is 31.6 Å². The van der Waals surface area contributed by atoms with Gasteiger partial charge in [-0.2, -0.15) is 0 Å². The molecule has 1 fully saturated rings. The number of carbonyl (C=O) groups excluding carboxylic acids is 3. The lowest BCUT2D eigenvalue weighted by Crippen LogP contribution is -2.30. The molecule has 0 bridgehead atoms. The predicted molar refractivity (Wildman–Crippen MR) is 113 cm³/mol. The van der Waals surface area contributed by atoms with Crippen LogP contribution in [0.25, 0.3) is 0 Å². The maximum atomic E-state index is 12.8. The molecule has 2 aliphatic heterocycles. The largest absolute Gasteiger partial charge is 0.371 e. The zero-order valence-corrected chi connectivity index (χ0v) is 16.6. The van der Waals surface area contributed by atoms with E-state index in [1.54, 1.807) is 12.1 Å². The van der Waals surface area contributed by atoms with Crippen molar-refractivity contribution in [2.75, 3.05) is 29.9 Å². The number of imide groups is 1. The number of unbranched alkanes of at least 4 members (excludes halogenated alkanes) is 1. The molecule has 0 radical (unpaired) electrons. The van der Waals surface area contributed by atoms with Gasteiger partial charge in [0.05, 0.1) is 11.1 Å². The van der Waals surface area contributed by atoms with Crippen LogP contribution in [0.3, 0.4) is 0 Å². The fourth-order valence-corrected chi connectivity index (χ4v) is 3.91. The molecule has 0 aliphatic carbocycles. The summed E-state index contributed by atoms with van der Waals surface area (Å²) in [6.07, 6.45) is 4.05. The van der Waals surface area contributed by atoms with Gasteiger partial charge in [-0.3, -0.25) is 19.3 Å². The van der Waals surface area contributed by atoms with E-state index in [9.17, 15) is 14.4 Å². The van der Waals surface area contributed by atoms with Gasteiger partial charge in [-0.15, -0.1) is 0 Å². The minimum atomic E-state index is -0.316. The van der Waals surface area contributed by atoms with Crippen molar-refractivity contribution in [3.63, 3.8) is 0 Å². The first-order valence-corrected chi connectivity index (χ1v) is 10.2. The van der Waals surface area contributed by atoms with E-state index in [-0.39, 0.29) is 17.7 Å². The Morgan fingerprint density at radius 1 is 1.00 bits per heavy atom. The van der Waals surface area contributed by atoms with Gasteiger partial charge in [0.15, 0.2) is 0 Å². The van der Waals surface area contributed by atoms with Crippen LogP contribution in [0.15, 0.2) is 42.5 Å². The lowest BCUT2D eigenvalue weighted by atomic mass is 10.1. The first kappa shape index (κ1) is 19.2. The number of amides is 3. The van der Waals surface area contributed by atoms with E-state index in [2.05, 4.69) is 10.2 Å². The van der Waals surface area contributed by atoms with Crippen LogP contribution in [0.1, 0.15) is 63.7 Å². The molecule has 150 valence electrons. The summed E-state index contributed by atoms with van der Waals surface area (Å²) in [4.78, 5) is 41.4. The number of fused-ring (bicyclic) bond motifs is 1. The summed E-state index contributed by atoms with van der Waals surface area (Å²) in [7, 11) is 0. The monoisotopic (exact) mass is 391 g/mol. The Morgan fingerprint density at radius 2 is 1.76 bits per heavy atom. The zero-order valence-electron chi connectivity index (χ0n) is 16.6. The highest BCUT2D eigenvalue weighted by molar-refractivity contribution is 6.22. The Labute approximate surface area is 170 Å².